The Morgan fingerprint density at radius 1 is 1.11 bits per heavy atom. The van der Waals surface area contributed by atoms with E-state index in [0.717, 1.165) is 53.0 Å². The van der Waals surface area contributed by atoms with Crippen molar-refractivity contribution >= 4 is 33.3 Å². The molecule has 0 aliphatic heterocycles. The van der Waals surface area contributed by atoms with Gasteiger partial charge in [0.05, 0.1) is 12.5 Å². The van der Waals surface area contributed by atoms with Gasteiger partial charge in [-0.15, -0.1) is 11.3 Å². The second kappa shape index (κ2) is 10.1. The van der Waals surface area contributed by atoms with Crippen molar-refractivity contribution < 1.29 is 14.3 Å². The molecule has 0 unspecified atom stereocenters. The molecular weight excluding hydrogens is 374 g/mol. The van der Waals surface area contributed by atoms with Gasteiger partial charge in [-0.05, 0) is 18.4 Å². The minimum absolute atomic E-state index is 0.152. The van der Waals surface area contributed by atoms with E-state index >= 15 is 0 Å². The lowest BCUT2D eigenvalue weighted by Gasteiger charge is -2.10. The molecule has 2 heterocycles. The molecular formula is C21H25N3O3S. The van der Waals surface area contributed by atoms with Crippen molar-refractivity contribution in [3.05, 3.63) is 41.5 Å². The van der Waals surface area contributed by atoms with Gasteiger partial charge in [-0.3, -0.25) is 4.79 Å². The van der Waals surface area contributed by atoms with E-state index in [2.05, 4.69) is 32.6 Å². The highest BCUT2D eigenvalue weighted by Crippen LogP contribution is 2.37. The van der Waals surface area contributed by atoms with E-state index in [1.165, 1.54) is 7.11 Å². The summed E-state index contributed by atoms with van der Waals surface area (Å²) >= 11 is 1.62. The number of nitrogens with one attached hydrogen (secondary N) is 1. The zero-order valence-electron chi connectivity index (χ0n) is 16.2. The van der Waals surface area contributed by atoms with Crippen LogP contribution in [0.3, 0.4) is 0 Å². The molecule has 6 nitrogen and oxygen atoms in total. The van der Waals surface area contributed by atoms with E-state index in [0.29, 0.717) is 18.9 Å². The molecule has 0 saturated heterocycles. The quantitative estimate of drug-likeness (QED) is 0.395. The minimum Gasteiger partial charge on any atom is -0.469 e. The summed E-state index contributed by atoms with van der Waals surface area (Å²) in [7, 11) is 3.07. The molecule has 3 rings (SSSR count). The van der Waals surface area contributed by atoms with Crippen molar-refractivity contribution in [2.24, 2.45) is 0 Å². The summed E-state index contributed by atoms with van der Waals surface area (Å²) in [4.78, 5) is 21.5. The summed E-state index contributed by atoms with van der Waals surface area (Å²) in [6.45, 7) is 1.16. The predicted molar refractivity (Wildman–Crippen MR) is 113 cm³/mol. The summed E-state index contributed by atoms with van der Waals surface area (Å²) in [6.07, 6.45) is 3.20. The minimum atomic E-state index is -0.152. The first-order valence-corrected chi connectivity index (χ1v) is 10.2. The fourth-order valence-electron chi connectivity index (χ4n) is 3.02. The lowest BCUT2D eigenvalue weighted by atomic mass is 10.1. The molecule has 1 aromatic carbocycles. The van der Waals surface area contributed by atoms with Crippen LogP contribution in [0.4, 0.5) is 5.82 Å². The van der Waals surface area contributed by atoms with Crippen LogP contribution < -0.4 is 5.32 Å². The van der Waals surface area contributed by atoms with E-state index in [1.54, 1.807) is 18.4 Å². The zero-order valence-corrected chi connectivity index (χ0v) is 17.1. The Bertz CT molecular complexity index is 912. The third kappa shape index (κ3) is 5.05. The molecule has 0 saturated carbocycles. The van der Waals surface area contributed by atoms with E-state index < -0.39 is 0 Å². The van der Waals surface area contributed by atoms with Gasteiger partial charge in [-0.1, -0.05) is 36.8 Å². The molecule has 0 aliphatic carbocycles. The van der Waals surface area contributed by atoms with Crippen molar-refractivity contribution in [1.29, 1.82) is 0 Å². The summed E-state index contributed by atoms with van der Waals surface area (Å²) in [6, 6.07) is 10.3. The molecule has 0 spiro atoms. The number of nitrogens with zero attached hydrogens (tertiary/aromatic N) is 2. The molecule has 0 radical (unpaired) electrons. The van der Waals surface area contributed by atoms with Crippen LogP contribution in [0.15, 0.2) is 35.7 Å². The number of unbranched alkanes of at least 4 members (excludes halogenated alkanes) is 2. The average molecular weight is 400 g/mol. The molecule has 0 atom stereocenters. The monoisotopic (exact) mass is 399 g/mol. The van der Waals surface area contributed by atoms with Crippen molar-refractivity contribution in [2.45, 2.75) is 32.3 Å². The van der Waals surface area contributed by atoms with Crippen LogP contribution in [0.5, 0.6) is 0 Å². The average Bonchev–Trinajstić information content (AvgIpc) is 3.15. The van der Waals surface area contributed by atoms with E-state index in [1.807, 2.05) is 18.2 Å². The van der Waals surface area contributed by atoms with Crippen LogP contribution in [0.1, 0.15) is 31.5 Å². The number of carbonyl (C=O) groups excluding carboxylic acids is 1. The maximum atomic E-state index is 11.2. The maximum absolute atomic E-state index is 11.2. The van der Waals surface area contributed by atoms with Gasteiger partial charge in [-0.2, -0.15) is 0 Å². The van der Waals surface area contributed by atoms with Crippen molar-refractivity contribution in [3.8, 4) is 11.1 Å². The fourth-order valence-corrected chi connectivity index (χ4v) is 3.98. The molecule has 2 aromatic heterocycles. The molecule has 0 bridgehead atoms. The number of methoxy groups -OCH3 is 2. The van der Waals surface area contributed by atoms with Crippen molar-refractivity contribution in [1.82, 2.24) is 9.97 Å². The van der Waals surface area contributed by atoms with Gasteiger partial charge in [0.25, 0.3) is 0 Å². The Morgan fingerprint density at radius 3 is 2.68 bits per heavy atom. The SMILES string of the molecule is COCc1nc(NCCCCCC(=O)OC)c2c(-c3ccccc3)csc2n1. The smallest absolute Gasteiger partial charge is 0.305 e. The highest BCUT2D eigenvalue weighted by atomic mass is 32.1. The van der Waals surface area contributed by atoms with E-state index in [4.69, 9.17) is 9.72 Å². The number of fused-ring (bicyclic) bond motifs is 1. The topological polar surface area (TPSA) is 73.3 Å². The number of carbonyl (C=O) groups is 1. The summed E-state index contributed by atoms with van der Waals surface area (Å²) in [5.41, 5.74) is 2.29. The second-order valence-electron chi connectivity index (χ2n) is 6.43. The van der Waals surface area contributed by atoms with Gasteiger partial charge in [0.2, 0.25) is 0 Å². The number of hydrogen-bond acceptors (Lipinski definition) is 7. The lowest BCUT2D eigenvalue weighted by molar-refractivity contribution is -0.140. The summed E-state index contributed by atoms with van der Waals surface area (Å²) in [5.74, 6) is 1.36. The number of ether oxygens (including phenoxy) is 2. The fraction of sp³-hybridized carbons (Fsp3) is 0.381. The molecule has 0 fully saturated rings. The van der Waals surface area contributed by atoms with Gasteiger partial charge >= 0.3 is 5.97 Å². The first kappa shape index (κ1) is 20.2. The Morgan fingerprint density at radius 2 is 1.93 bits per heavy atom. The largest absolute Gasteiger partial charge is 0.469 e. The normalized spacial score (nSPS) is 10.9. The lowest BCUT2D eigenvalue weighted by Crippen LogP contribution is -2.07. The zero-order chi connectivity index (χ0) is 19.8. The number of thiophene rings is 1. The number of anilines is 1. The number of benzene rings is 1. The Labute approximate surface area is 168 Å². The number of aromatic nitrogens is 2. The second-order valence-corrected chi connectivity index (χ2v) is 7.29. The van der Waals surface area contributed by atoms with Gasteiger partial charge < -0.3 is 14.8 Å². The molecule has 0 aliphatic rings. The van der Waals surface area contributed by atoms with Crippen LogP contribution in [-0.2, 0) is 20.9 Å². The van der Waals surface area contributed by atoms with Crippen LogP contribution in [-0.4, -0.2) is 36.7 Å². The molecule has 7 heteroatoms. The molecule has 148 valence electrons. The summed E-state index contributed by atoms with van der Waals surface area (Å²) in [5, 5.41) is 6.65. The first-order valence-electron chi connectivity index (χ1n) is 9.36. The third-order valence-electron chi connectivity index (χ3n) is 4.42. The Hall–Kier alpha value is -2.51. The van der Waals surface area contributed by atoms with E-state index in [-0.39, 0.29) is 5.97 Å². The number of hydrogen-bond donors (Lipinski definition) is 1. The highest BCUT2D eigenvalue weighted by Gasteiger charge is 2.15. The molecule has 28 heavy (non-hydrogen) atoms. The van der Waals surface area contributed by atoms with Gasteiger partial charge in [-0.25, -0.2) is 9.97 Å². The summed E-state index contributed by atoms with van der Waals surface area (Å²) < 4.78 is 9.90. The Kier molecular flexibility index (Phi) is 7.33. The first-order chi connectivity index (χ1) is 13.7. The van der Waals surface area contributed by atoms with E-state index in [9.17, 15) is 4.79 Å². The van der Waals surface area contributed by atoms with Gasteiger partial charge in [0.15, 0.2) is 5.82 Å². The van der Waals surface area contributed by atoms with Crippen LogP contribution in [0.25, 0.3) is 21.3 Å². The number of rotatable bonds is 10. The number of esters is 1. The maximum Gasteiger partial charge on any atom is 0.305 e. The molecule has 3 aromatic rings. The van der Waals surface area contributed by atoms with Crippen LogP contribution >= 0.6 is 11.3 Å². The molecule has 1 N–H and O–H groups in total. The standard InChI is InChI=1S/C21H25N3O3S/c1-26-13-17-23-20(22-12-8-4-7-11-18(25)27-2)19-16(14-28-21(19)24-17)15-9-5-3-6-10-15/h3,5-6,9-10,14H,4,7-8,11-13H2,1-2H3,(H,22,23,24). The predicted octanol–water partition coefficient (Wildman–Crippen LogP) is 4.65. The van der Waals surface area contributed by atoms with Crippen molar-refractivity contribution in [3.63, 3.8) is 0 Å². The van der Waals surface area contributed by atoms with Crippen LogP contribution in [0, 0.1) is 0 Å². The van der Waals surface area contributed by atoms with Gasteiger partial charge in [0, 0.05) is 31.0 Å². The Balaban J connectivity index is 1.76. The van der Waals surface area contributed by atoms with Gasteiger partial charge in [0.1, 0.15) is 17.3 Å². The highest BCUT2D eigenvalue weighted by molar-refractivity contribution is 7.17. The van der Waals surface area contributed by atoms with Crippen LogP contribution in [0.2, 0.25) is 0 Å². The third-order valence-corrected chi connectivity index (χ3v) is 5.29. The molecule has 0 amide bonds. The van der Waals surface area contributed by atoms with Crippen molar-refractivity contribution in [2.75, 3.05) is 26.1 Å².